The van der Waals surface area contributed by atoms with Gasteiger partial charge in [0, 0.05) is 5.69 Å². The van der Waals surface area contributed by atoms with Gasteiger partial charge >= 0.3 is 0 Å². The maximum Gasteiger partial charge on any atom is 0.234 e. The molecule has 0 heterocycles. The summed E-state index contributed by atoms with van der Waals surface area (Å²) in [4.78, 5) is 11.4. The number of benzene rings is 2. The fourth-order valence-corrected chi connectivity index (χ4v) is 2.64. The van der Waals surface area contributed by atoms with Crippen LogP contribution in [-0.4, -0.2) is 11.7 Å². The zero-order chi connectivity index (χ0) is 14.1. The first-order chi connectivity index (χ1) is 9.71. The Morgan fingerprint density at radius 3 is 2.60 bits per heavy atom. The Hall–Kier alpha value is -2.25. The summed E-state index contributed by atoms with van der Waals surface area (Å²) < 4.78 is 0. The molecule has 1 aliphatic carbocycles. The molecule has 0 radical (unpaired) electrons. The predicted molar refractivity (Wildman–Crippen MR) is 81.9 cm³/mol. The van der Waals surface area contributed by atoms with Gasteiger partial charge in [0.15, 0.2) is 0 Å². The molecular formula is C16H12N2OS. The molecule has 3 nitrogen and oxygen atoms in total. The van der Waals surface area contributed by atoms with Crippen molar-refractivity contribution in [3.8, 4) is 17.2 Å². The van der Waals surface area contributed by atoms with Crippen molar-refractivity contribution in [1.29, 1.82) is 5.26 Å². The number of anilines is 1. The lowest BCUT2D eigenvalue weighted by molar-refractivity contribution is -0.113. The number of fused-ring (bicyclic) bond motifs is 3. The standard InChI is InChI=1S/C16H12N2OS/c17-8-10-1-3-14-11(5-10)6-12-7-13(2-4-15(12)14)18-16(19)9-20/h1-5,7,20H,6,9H2,(H,18,19). The van der Waals surface area contributed by atoms with Gasteiger partial charge in [-0.1, -0.05) is 12.1 Å². The van der Waals surface area contributed by atoms with Crippen molar-refractivity contribution < 1.29 is 4.79 Å². The summed E-state index contributed by atoms with van der Waals surface area (Å²) in [6, 6.07) is 13.8. The van der Waals surface area contributed by atoms with Gasteiger partial charge in [0.05, 0.1) is 17.4 Å². The van der Waals surface area contributed by atoms with Crippen LogP contribution in [0, 0.1) is 11.3 Å². The molecule has 4 heteroatoms. The first-order valence-corrected chi connectivity index (χ1v) is 6.91. The number of carbonyl (C=O) groups excluding carboxylic acids is 1. The second-order valence-corrected chi connectivity index (χ2v) is 5.05. The van der Waals surface area contributed by atoms with Crippen molar-refractivity contribution in [2.45, 2.75) is 6.42 Å². The van der Waals surface area contributed by atoms with Crippen LogP contribution in [0.5, 0.6) is 0 Å². The molecule has 98 valence electrons. The summed E-state index contributed by atoms with van der Waals surface area (Å²) in [5, 5.41) is 11.8. The average Bonchev–Trinajstić information content (AvgIpc) is 2.83. The lowest BCUT2D eigenvalue weighted by Gasteiger charge is -2.06. The third-order valence-corrected chi connectivity index (χ3v) is 3.73. The smallest absolute Gasteiger partial charge is 0.234 e. The molecule has 0 saturated carbocycles. The van der Waals surface area contributed by atoms with Gasteiger partial charge in [-0.3, -0.25) is 4.79 Å². The van der Waals surface area contributed by atoms with Crippen LogP contribution in [0.3, 0.4) is 0 Å². The average molecular weight is 280 g/mol. The van der Waals surface area contributed by atoms with E-state index in [0.29, 0.717) is 5.56 Å². The van der Waals surface area contributed by atoms with Gasteiger partial charge in [-0.2, -0.15) is 17.9 Å². The molecule has 0 aliphatic heterocycles. The van der Waals surface area contributed by atoms with Crippen LogP contribution in [0.1, 0.15) is 16.7 Å². The number of hydrogen-bond acceptors (Lipinski definition) is 3. The molecule has 0 spiro atoms. The maximum atomic E-state index is 11.4. The summed E-state index contributed by atoms with van der Waals surface area (Å²) in [6.07, 6.45) is 0.796. The molecule has 2 aromatic rings. The highest BCUT2D eigenvalue weighted by Gasteiger charge is 2.19. The number of nitriles is 1. The van der Waals surface area contributed by atoms with Crippen molar-refractivity contribution in [3.05, 3.63) is 53.1 Å². The Labute approximate surface area is 122 Å². The van der Waals surface area contributed by atoms with Crippen molar-refractivity contribution in [3.63, 3.8) is 0 Å². The molecule has 0 saturated heterocycles. The zero-order valence-corrected chi connectivity index (χ0v) is 11.6. The maximum absolute atomic E-state index is 11.4. The highest BCUT2D eigenvalue weighted by atomic mass is 32.1. The molecule has 0 atom stereocenters. The quantitative estimate of drug-likeness (QED) is 0.709. The molecule has 0 unspecified atom stereocenters. The van der Waals surface area contributed by atoms with E-state index in [9.17, 15) is 4.79 Å². The largest absolute Gasteiger partial charge is 0.325 e. The van der Waals surface area contributed by atoms with Gasteiger partial charge in [0.1, 0.15) is 0 Å². The van der Waals surface area contributed by atoms with Crippen molar-refractivity contribution in [1.82, 2.24) is 0 Å². The summed E-state index contributed by atoms with van der Waals surface area (Å²) in [7, 11) is 0. The molecule has 1 aliphatic rings. The summed E-state index contributed by atoms with van der Waals surface area (Å²) in [5.41, 5.74) is 6.15. The van der Waals surface area contributed by atoms with E-state index in [2.05, 4.69) is 24.0 Å². The summed E-state index contributed by atoms with van der Waals surface area (Å²) >= 11 is 3.95. The second-order valence-electron chi connectivity index (χ2n) is 4.74. The molecule has 0 fully saturated rings. The number of nitrogens with zero attached hydrogens (tertiary/aromatic N) is 1. The van der Waals surface area contributed by atoms with Gasteiger partial charge < -0.3 is 5.32 Å². The van der Waals surface area contributed by atoms with Gasteiger partial charge in [-0.15, -0.1) is 0 Å². The van der Waals surface area contributed by atoms with E-state index >= 15 is 0 Å². The van der Waals surface area contributed by atoms with Crippen LogP contribution >= 0.6 is 12.6 Å². The zero-order valence-electron chi connectivity index (χ0n) is 10.7. The Kier molecular flexibility index (Phi) is 3.21. The highest BCUT2D eigenvalue weighted by Crippen LogP contribution is 2.38. The van der Waals surface area contributed by atoms with E-state index < -0.39 is 0 Å². The minimum atomic E-state index is -0.115. The molecule has 3 rings (SSSR count). The van der Waals surface area contributed by atoms with Crippen LogP contribution in [0.2, 0.25) is 0 Å². The van der Waals surface area contributed by atoms with Crippen LogP contribution in [0.25, 0.3) is 11.1 Å². The number of rotatable bonds is 2. The predicted octanol–water partition coefficient (Wildman–Crippen LogP) is 3.00. The van der Waals surface area contributed by atoms with Crippen molar-refractivity contribution in [2.75, 3.05) is 11.1 Å². The van der Waals surface area contributed by atoms with E-state index in [1.54, 1.807) is 0 Å². The van der Waals surface area contributed by atoms with Gasteiger partial charge in [0.25, 0.3) is 0 Å². The Morgan fingerprint density at radius 1 is 1.20 bits per heavy atom. The van der Waals surface area contributed by atoms with Crippen LogP contribution in [-0.2, 0) is 11.2 Å². The van der Waals surface area contributed by atoms with Gasteiger partial charge in [0.2, 0.25) is 5.91 Å². The number of nitrogens with one attached hydrogen (secondary N) is 1. The second kappa shape index (κ2) is 5.03. The monoisotopic (exact) mass is 280 g/mol. The SMILES string of the molecule is N#Cc1ccc2c(c1)Cc1cc(NC(=O)CS)ccc1-2. The minimum absolute atomic E-state index is 0.115. The molecule has 0 bridgehead atoms. The van der Waals surface area contributed by atoms with Gasteiger partial charge in [-0.05, 0) is 52.9 Å². The Morgan fingerprint density at radius 2 is 1.90 bits per heavy atom. The molecule has 1 amide bonds. The fraction of sp³-hybridized carbons (Fsp3) is 0.125. The van der Waals surface area contributed by atoms with Crippen molar-refractivity contribution >= 4 is 24.2 Å². The highest BCUT2D eigenvalue weighted by molar-refractivity contribution is 7.81. The van der Waals surface area contributed by atoms with Crippen LogP contribution in [0.4, 0.5) is 5.69 Å². The Balaban J connectivity index is 1.96. The van der Waals surface area contributed by atoms with E-state index in [0.717, 1.165) is 17.7 Å². The van der Waals surface area contributed by atoms with E-state index in [1.807, 2.05) is 36.4 Å². The van der Waals surface area contributed by atoms with E-state index in [4.69, 9.17) is 5.26 Å². The van der Waals surface area contributed by atoms with Crippen molar-refractivity contribution in [2.24, 2.45) is 0 Å². The molecule has 2 aromatic carbocycles. The normalized spacial score (nSPS) is 11.4. The third-order valence-electron chi connectivity index (χ3n) is 3.44. The van der Waals surface area contributed by atoms with E-state index in [1.165, 1.54) is 16.7 Å². The van der Waals surface area contributed by atoms with E-state index in [-0.39, 0.29) is 11.7 Å². The lowest BCUT2D eigenvalue weighted by atomic mass is 10.0. The summed E-state index contributed by atoms with van der Waals surface area (Å²) in [6.45, 7) is 0. The van der Waals surface area contributed by atoms with Gasteiger partial charge in [-0.25, -0.2) is 0 Å². The summed E-state index contributed by atoms with van der Waals surface area (Å²) in [5.74, 6) is 0.0543. The minimum Gasteiger partial charge on any atom is -0.325 e. The first-order valence-electron chi connectivity index (χ1n) is 6.28. The first kappa shape index (κ1) is 12.8. The topological polar surface area (TPSA) is 52.9 Å². The van der Waals surface area contributed by atoms with Crippen LogP contribution in [0.15, 0.2) is 36.4 Å². The van der Waals surface area contributed by atoms with Crippen LogP contribution < -0.4 is 5.32 Å². The number of thiol groups is 1. The fourth-order valence-electron chi connectivity index (χ4n) is 2.56. The number of hydrogen-bond donors (Lipinski definition) is 2. The molecular weight excluding hydrogens is 268 g/mol. The molecule has 0 aromatic heterocycles. The number of carbonyl (C=O) groups is 1. The molecule has 20 heavy (non-hydrogen) atoms. The molecule has 1 N–H and O–H groups in total. The lowest BCUT2D eigenvalue weighted by Crippen LogP contribution is -2.12. The number of amides is 1. The Bertz CT molecular complexity index is 747. The third kappa shape index (κ3) is 2.17.